The zero-order valence-corrected chi connectivity index (χ0v) is 17.3. The maximum Gasteiger partial charge on any atom is 0.258 e. The molecule has 6 rings (SSSR count). The summed E-state index contributed by atoms with van der Waals surface area (Å²) in [6.45, 7) is 0.374. The molecule has 162 valence electrons. The van der Waals surface area contributed by atoms with E-state index in [9.17, 15) is 14.0 Å². The summed E-state index contributed by atoms with van der Waals surface area (Å²) in [6.07, 6.45) is 3.12. The third-order valence-electron chi connectivity index (χ3n) is 6.99. The van der Waals surface area contributed by atoms with Gasteiger partial charge in [-0.25, -0.2) is 4.39 Å². The molecule has 1 spiro atoms. The third kappa shape index (κ3) is 3.52. The maximum absolute atomic E-state index is 13.1. The number of methoxy groups -OCH3 is 1. The van der Waals surface area contributed by atoms with E-state index in [1.807, 2.05) is 0 Å². The number of rotatable bonds is 4. The van der Waals surface area contributed by atoms with E-state index in [1.54, 1.807) is 37.4 Å². The minimum Gasteiger partial charge on any atom is -0.497 e. The molecule has 3 aliphatic carbocycles. The highest BCUT2D eigenvalue weighted by Crippen LogP contribution is 2.52. The van der Waals surface area contributed by atoms with Gasteiger partial charge >= 0.3 is 0 Å². The molecule has 3 saturated carbocycles. The fourth-order valence-electron chi connectivity index (χ4n) is 5.36. The predicted octanol–water partition coefficient (Wildman–Crippen LogP) is 3.41. The van der Waals surface area contributed by atoms with Gasteiger partial charge in [-0.05, 0) is 55.0 Å². The molecule has 4 aliphatic rings. The van der Waals surface area contributed by atoms with Crippen LogP contribution in [0.5, 0.6) is 11.5 Å². The molecule has 2 bridgehead atoms. The van der Waals surface area contributed by atoms with Crippen LogP contribution in [0.2, 0.25) is 0 Å². The number of hydrogen-bond donors (Lipinski definition) is 2. The average molecular weight is 424 g/mol. The van der Waals surface area contributed by atoms with Crippen LogP contribution in [0.1, 0.15) is 41.6 Å². The summed E-state index contributed by atoms with van der Waals surface area (Å²) in [5.41, 5.74) is 0.592. The van der Waals surface area contributed by atoms with Crippen molar-refractivity contribution in [1.82, 2.24) is 10.6 Å². The van der Waals surface area contributed by atoms with Crippen LogP contribution in [0, 0.1) is 23.6 Å². The van der Waals surface area contributed by atoms with Gasteiger partial charge in [0, 0.05) is 30.9 Å². The second kappa shape index (κ2) is 7.55. The first-order valence-electron chi connectivity index (χ1n) is 10.7. The van der Waals surface area contributed by atoms with Crippen molar-refractivity contribution in [3.05, 3.63) is 59.4 Å². The Hall–Kier alpha value is -3.09. The molecule has 0 radical (unpaired) electrons. The smallest absolute Gasteiger partial charge is 0.258 e. The van der Waals surface area contributed by atoms with Crippen molar-refractivity contribution < 1.29 is 23.5 Å². The van der Waals surface area contributed by atoms with E-state index in [0.29, 0.717) is 36.4 Å². The lowest BCUT2D eigenvalue weighted by Gasteiger charge is -2.55. The summed E-state index contributed by atoms with van der Waals surface area (Å²) in [7, 11) is 1.58. The summed E-state index contributed by atoms with van der Waals surface area (Å²) in [5.74, 6) is 0.825. The first kappa shape index (κ1) is 19.8. The second-order valence-corrected chi connectivity index (χ2v) is 8.73. The largest absolute Gasteiger partial charge is 0.497 e. The molecule has 1 heterocycles. The van der Waals surface area contributed by atoms with Crippen molar-refractivity contribution in [2.45, 2.75) is 38.0 Å². The molecule has 31 heavy (non-hydrogen) atoms. The molecule has 2 N–H and O–H groups in total. The van der Waals surface area contributed by atoms with Crippen molar-refractivity contribution in [2.24, 2.45) is 17.8 Å². The SMILES string of the molecule is COc1ccc2c(c1)O[C@@]1(C[C@H]3CC[C@H]1C[C@@H]3C(=O)NCc1ccc(F)cc1)NC2=O. The zero-order chi connectivity index (χ0) is 21.6. The van der Waals surface area contributed by atoms with Crippen LogP contribution in [-0.2, 0) is 11.3 Å². The van der Waals surface area contributed by atoms with Gasteiger partial charge in [0.25, 0.3) is 5.91 Å². The van der Waals surface area contributed by atoms with Crippen molar-refractivity contribution in [3.63, 3.8) is 0 Å². The number of ether oxygens (including phenoxy) is 2. The van der Waals surface area contributed by atoms with E-state index >= 15 is 0 Å². The van der Waals surface area contributed by atoms with Gasteiger partial charge in [-0.2, -0.15) is 0 Å². The Morgan fingerprint density at radius 2 is 2.06 bits per heavy atom. The molecule has 2 aromatic carbocycles. The minimum atomic E-state index is -0.771. The lowest BCUT2D eigenvalue weighted by molar-refractivity contribution is -0.146. The van der Waals surface area contributed by atoms with Gasteiger partial charge in [-0.15, -0.1) is 0 Å². The highest BCUT2D eigenvalue weighted by molar-refractivity contribution is 5.98. The molecule has 2 aromatic rings. The lowest BCUT2D eigenvalue weighted by atomic mass is 9.60. The summed E-state index contributed by atoms with van der Waals surface area (Å²) in [4.78, 5) is 25.7. The predicted molar refractivity (Wildman–Crippen MR) is 111 cm³/mol. The van der Waals surface area contributed by atoms with Gasteiger partial charge in [0.1, 0.15) is 17.3 Å². The van der Waals surface area contributed by atoms with Crippen LogP contribution >= 0.6 is 0 Å². The number of hydrogen-bond acceptors (Lipinski definition) is 4. The van der Waals surface area contributed by atoms with Crippen molar-refractivity contribution in [1.29, 1.82) is 0 Å². The Labute approximate surface area is 180 Å². The summed E-state index contributed by atoms with van der Waals surface area (Å²) < 4.78 is 24.8. The molecule has 1 aliphatic heterocycles. The van der Waals surface area contributed by atoms with Crippen LogP contribution in [0.3, 0.4) is 0 Å². The Bertz CT molecular complexity index is 1020. The number of fused-ring (bicyclic) bond motifs is 3. The highest BCUT2D eigenvalue weighted by Gasteiger charge is 2.57. The number of amides is 2. The maximum atomic E-state index is 13.1. The minimum absolute atomic E-state index is 0.0121. The van der Waals surface area contributed by atoms with Gasteiger partial charge in [0.05, 0.1) is 12.7 Å². The number of carbonyl (C=O) groups is 2. The standard InChI is InChI=1S/C24H25FN2O4/c1-30-18-8-9-19-21(11-18)31-24(27-23(19)29)12-15-4-5-16(24)10-20(15)22(28)26-13-14-2-6-17(25)7-3-14/h2-3,6-9,11,15-16,20H,4-5,10,12-13H2,1H3,(H,26,28)(H,27,29)/t15-,16+,20+,24-/m1/s1. The van der Waals surface area contributed by atoms with Crippen molar-refractivity contribution in [2.75, 3.05) is 7.11 Å². The van der Waals surface area contributed by atoms with E-state index in [2.05, 4.69) is 10.6 Å². The molecule has 6 nitrogen and oxygen atoms in total. The van der Waals surface area contributed by atoms with Gasteiger partial charge in [0.15, 0.2) is 5.72 Å². The third-order valence-corrected chi connectivity index (χ3v) is 6.99. The van der Waals surface area contributed by atoms with Crippen LogP contribution in [0.4, 0.5) is 4.39 Å². The molecular formula is C24H25FN2O4. The van der Waals surface area contributed by atoms with E-state index in [-0.39, 0.29) is 35.4 Å². The van der Waals surface area contributed by atoms with Gasteiger partial charge in [0.2, 0.25) is 5.91 Å². The summed E-state index contributed by atoms with van der Waals surface area (Å²) in [6, 6.07) is 11.3. The van der Waals surface area contributed by atoms with Crippen LogP contribution < -0.4 is 20.1 Å². The van der Waals surface area contributed by atoms with Crippen molar-refractivity contribution in [3.8, 4) is 11.5 Å². The quantitative estimate of drug-likeness (QED) is 0.789. The van der Waals surface area contributed by atoms with Crippen molar-refractivity contribution >= 4 is 11.8 Å². The Morgan fingerprint density at radius 3 is 2.77 bits per heavy atom. The molecule has 0 unspecified atom stereocenters. The number of benzene rings is 2. The topological polar surface area (TPSA) is 76.7 Å². The summed E-state index contributed by atoms with van der Waals surface area (Å²) in [5, 5.41) is 6.11. The molecule has 7 heteroatoms. The van der Waals surface area contributed by atoms with E-state index < -0.39 is 5.72 Å². The van der Waals surface area contributed by atoms with E-state index in [0.717, 1.165) is 18.4 Å². The molecule has 0 saturated heterocycles. The fourth-order valence-corrected chi connectivity index (χ4v) is 5.36. The molecular weight excluding hydrogens is 399 g/mol. The number of halogens is 1. The Kier molecular flexibility index (Phi) is 4.84. The molecule has 3 fully saturated rings. The molecule has 2 amide bonds. The Morgan fingerprint density at radius 1 is 1.26 bits per heavy atom. The van der Waals surface area contributed by atoms with Crippen LogP contribution in [0.15, 0.2) is 42.5 Å². The van der Waals surface area contributed by atoms with Crippen LogP contribution in [0.25, 0.3) is 0 Å². The highest BCUT2D eigenvalue weighted by atomic mass is 19.1. The fraction of sp³-hybridized carbons (Fsp3) is 0.417. The molecule has 0 aromatic heterocycles. The van der Waals surface area contributed by atoms with Gasteiger partial charge in [-0.1, -0.05) is 12.1 Å². The first-order chi connectivity index (χ1) is 15.0. The Balaban J connectivity index is 1.30. The normalized spacial score (nSPS) is 28.5. The lowest BCUT2D eigenvalue weighted by Crippen LogP contribution is -2.66. The van der Waals surface area contributed by atoms with Gasteiger partial charge < -0.3 is 20.1 Å². The second-order valence-electron chi connectivity index (χ2n) is 8.73. The first-order valence-corrected chi connectivity index (χ1v) is 10.7. The zero-order valence-electron chi connectivity index (χ0n) is 17.3. The van der Waals surface area contributed by atoms with E-state index in [4.69, 9.17) is 9.47 Å². The van der Waals surface area contributed by atoms with E-state index in [1.165, 1.54) is 12.1 Å². The van der Waals surface area contributed by atoms with Crippen LogP contribution in [-0.4, -0.2) is 24.6 Å². The molecule has 4 atom stereocenters. The number of nitrogens with one attached hydrogen (secondary N) is 2. The number of carbonyl (C=O) groups excluding carboxylic acids is 2. The summed E-state index contributed by atoms with van der Waals surface area (Å²) >= 11 is 0. The van der Waals surface area contributed by atoms with Gasteiger partial charge in [-0.3, -0.25) is 9.59 Å². The monoisotopic (exact) mass is 424 g/mol. The average Bonchev–Trinajstić information content (AvgIpc) is 2.78.